The van der Waals surface area contributed by atoms with Crippen molar-refractivity contribution in [2.45, 2.75) is 70.0 Å². The van der Waals surface area contributed by atoms with Gasteiger partial charge in [-0.15, -0.1) is 5.54 Å². The average molecular weight is 366 g/mol. The first kappa shape index (κ1) is 20.8. The van der Waals surface area contributed by atoms with E-state index >= 15 is 0 Å². The molecule has 0 aliphatic heterocycles. The van der Waals surface area contributed by atoms with Crippen LogP contribution in [0.3, 0.4) is 0 Å². The van der Waals surface area contributed by atoms with E-state index in [0.29, 0.717) is 16.6 Å². The number of rotatable bonds is 5. The van der Waals surface area contributed by atoms with Gasteiger partial charge in [0.15, 0.2) is 0 Å². The van der Waals surface area contributed by atoms with Gasteiger partial charge in [0.25, 0.3) is 10.0 Å². The first-order valence-corrected chi connectivity index (χ1v) is 12.2. The largest absolute Gasteiger partial charge is 0.270 e. The lowest BCUT2D eigenvalue weighted by atomic mass is 10.2. The van der Waals surface area contributed by atoms with E-state index in [9.17, 15) is 8.42 Å². The molecule has 0 aromatic heterocycles. The van der Waals surface area contributed by atoms with Crippen molar-refractivity contribution in [2.75, 3.05) is 7.05 Å². The number of hydrogen-bond acceptors (Lipinski definition) is 2. The summed E-state index contributed by atoms with van der Waals surface area (Å²) >= 11 is 0. The molecule has 0 bridgehead atoms. The molecule has 0 spiro atoms. The Hall–Kier alpha value is -1.25. The Morgan fingerprint density at radius 3 is 1.71 bits per heavy atom. The SMILES string of the molecule is Cc1ccc(S(=O)(=O)N(C)C#C[Si](C(C)C)(C(C)C)C(C)C)cc1. The minimum Gasteiger partial charge on any atom is -0.228 e. The normalized spacial score (nSPS) is 12.5. The highest BCUT2D eigenvalue weighted by Gasteiger charge is 2.42. The molecule has 0 radical (unpaired) electrons. The summed E-state index contributed by atoms with van der Waals surface area (Å²) in [5.74, 6) is 0. The molecule has 0 unspecified atom stereocenters. The maximum atomic E-state index is 12.7. The Labute approximate surface area is 149 Å². The third-order valence-corrected chi connectivity index (χ3v) is 12.9. The molecule has 0 heterocycles. The molecular weight excluding hydrogens is 334 g/mol. The monoisotopic (exact) mass is 365 g/mol. The van der Waals surface area contributed by atoms with E-state index in [1.54, 1.807) is 19.2 Å². The molecule has 1 rings (SSSR count). The molecule has 24 heavy (non-hydrogen) atoms. The lowest BCUT2D eigenvalue weighted by Crippen LogP contribution is -2.43. The van der Waals surface area contributed by atoms with E-state index in [1.807, 2.05) is 19.1 Å². The Bertz CT molecular complexity index is 688. The summed E-state index contributed by atoms with van der Waals surface area (Å²) in [6.45, 7) is 15.2. The minimum atomic E-state index is -3.57. The van der Waals surface area contributed by atoms with E-state index in [2.05, 4.69) is 53.1 Å². The van der Waals surface area contributed by atoms with E-state index in [0.717, 1.165) is 5.56 Å². The molecule has 0 aliphatic carbocycles. The van der Waals surface area contributed by atoms with Gasteiger partial charge in [-0.2, -0.15) is 0 Å². The highest BCUT2D eigenvalue weighted by atomic mass is 32.2. The molecule has 5 heteroatoms. The fourth-order valence-corrected chi connectivity index (χ4v) is 9.81. The number of hydrogen-bond donors (Lipinski definition) is 0. The van der Waals surface area contributed by atoms with Crippen molar-refractivity contribution in [3.05, 3.63) is 29.8 Å². The molecule has 1 aromatic rings. The molecule has 3 nitrogen and oxygen atoms in total. The van der Waals surface area contributed by atoms with E-state index < -0.39 is 18.1 Å². The van der Waals surface area contributed by atoms with Gasteiger partial charge in [0.2, 0.25) is 0 Å². The molecule has 0 saturated carbocycles. The Morgan fingerprint density at radius 1 is 0.917 bits per heavy atom. The zero-order chi connectivity index (χ0) is 18.7. The lowest BCUT2D eigenvalue weighted by Gasteiger charge is -2.38. The van der Waals surface area contributed by atoms with Gasteiger partial charge in [-0.25, -0.2) is 12.7 Å². The van der Waals surface area contributed by atoms with Crippen LogP contribution in [0.1, 0.15) is 47.1 Å². The Morgan fingerprint density at radius 2 is 1.33 bits per heavy atom. The van der Waals surface area contributed by atoms with E-state index in [1.165, 1.54) is 4.31 Å². The fourth-order valence-electron chi connectivity index (χ4n) is 3.54. The summed E-state index contributed by atoms with van der Waals surface area (Å²) in [7, 11) is -3.98. The molecule has 0 atom stereocenters. The van der Waals surface area contributed by atoms with Gasteiger partial charge >= 0.3 is 0 Å². The zero-order valence-corrected chi connectivity index (χ0v) is 18.0. The quantitative estimate of drug-likeness (QED) is 0.427. The molecule has 0 N–H and O–H groups in total. The van der Waals surface area contributed by atoms with Gasteiger partial charge in [-0.1, -0.05) is 59.2 Å². The van der Waals surface area contributed by atoms with Crippen molar-refractivity contribution in [1.29, 1.82) is 0 Å². The molecular formula is C19H31NO2SSi. The van der Waals surface area contributed by atoms with Crippen molar-refractivity contribution < 1.29 is 8.42 Å². The first-order valence-electron chi connectivity index (χ1n) is 8.54. The predicted octanol–water partition coefficient (Wildman–Crippen LogP) is 4.79. The van der Waals surface area contributed by atoms with Gasteiger partial charge in [0.1, 0.15) is 8.07 Å². The number of benzene rings is 1. The van der Waals surface area contributed by atoms with Crippen LogP contribution in [-0.2, 0) is 10.0 Å². The standard InChI is InChI=1S/C19H31NO2SSi/c1-15(2)24(16(3)4,17(5)6)14-13-20(8)23(21,22)19-11-9-18(7)10-12-19/h9-12,15-17H,1-8H3. The Kier molecular flexibility index (Phi) is 6.72. The van der Waals surface area contributed by atoms with E-state index in [-0.39, 0.29) is 4.90 Å². The highest BCUT2D eigenvalue weighted by Crippen LogP contribution is 2.40. The van der Waals surface area contributed by atoms with Gasteiger partial charge in [-0.05, 0) is 35.7 Å². The maximum absolute atomic E-state index is 12.7. The second kappa shape index (κ2) is 7.75. The van der Waals surface area contributed by atoms with Crippen LogP contribution in [0.2, 0.25) is 16.6 Å². The summed E-state index contributed by atoms with van der Waals surface area (Å²) < 4.78 is 26.6. The lowest BCUT2D eigenvalue weighted by molar-refractivity contribution is 0.547. The molecule has 1 aromatic carbocycles. The van der Waals surface area contributed by atoms with Crippen molar-refractivity contribution in [2.24, 2.45) is 0 Å². The summed E-state index contributed by atoms with van der Waals surface area (Å²) in [6.07, 6.45) is 0. The van der Waals surface area contributed by atoms with Crippen LogP contribution in [0.5, 0.6) is 0 Å². The van der Waals surface area contributed by atoms with Crippen LogP contribution in [-0.4, -0.2) is 27.8 Å². The zero-order valence-electron chi connectivity index (χ0n) is 16.2. The van der Waals surface area contributed by atoms with Crippen molar-refractivity contribution in [1.82, 2.24) is 4.31 Å². The summed E-state index contributed by atoms with van der Waals surface area (Å²) in [5.41, 5.74) is 5.91. The van der Waals surface area contributed by atoms with Crippen LogP contribution in [0, 0.1) is 18.5 Å². The number of nitrogens with zero attached hydrogens (tertiary/aromatic N) is 1. The smallest absolute Gasteiger partial charge is 0.228 e. The van der Waals surface area contributed by atoms with Gasteiger partial charge < -0.3 is 0 Å². The van der Waals surface area contributed by atoms with Crippen molar-refractivity contribution in [3.8, 4) is 11.6 Å². The van der Waals surface area contributed by atoms with Crippen LogP contribution in [0.15, 0.2) is 29.2 Å². The molecule has 134 valence electrons. The molecule has 0 fully saturated rings. The van der Waals surface area contributed by atoms with Gasteiger partial charge in [0, 0.05) is 13.1 Å². The molecule has 0 saturated heterocycles. The number of sulfonamides is 1. The highest BCUT2D eigenvalue weighted by molar-refractivity contribution is 7.89. The second-order valence-electron chi connectivity index (χ2n) is 7.42. The molecule has 0 aliphatic rings. The van der Waals surface area contributed by atoms with Gasteiger partial charge in [-0.3, -0.25) is 0 Å². The number of aryl methyl sites for hydroxylation is 1. The van der Waals surface area contributed by atoms with Crippen LogP contribution in [0.25, 0.3) is 0 Å². The fraction of sp³-hybridized carbons (Fsp3) is 0.579. The van der Waals surface area contributed by atoms with Crippen LogP contribution in [0.4, 0.5) is 0 Å². The second-order valence-corrected chi connectivity index (χ2v) is 15.0. The maximum Gasteiger partial charge on any atom is 0.270 e. The first-order chi connectivity index (χ1) is 11.0. The topological polar surface area (TPSA) is 37.4 Å². The predicted molar refractivity (Wildman–Crippen MR) is 105 cm³/mol. The average Bonchev–Trinajstić information content (AvgIpc) is 2.46. The minimum absolute atomic E-state index is 0.288. The van der Waals surface area contributed by atoms with Crippen molar-refractivity contribution >= 4 is 18.1 Å². The van der Waals surface area contributed by atoms with E-state index in [4.69, 9.17) is 0 Å². The molecule has 0 amide bonds. The van der Waals surface area contributed by atoms with Crippen LogP contribution >= 0.6 is 0 Å². The van der Waals surface area contributed by atoms with Crippen LogP contribution < -0.4 is 0 Å². The van der Waals surface area contributed by atoms with Gasteiger partial charge in [0.05, 0.1) is 4.90 Å². The summed E-state index contributed by atoms with van der Waals surface area (Å²) in [4.78, 5) is 0.288. The summed E-state index contributed by atoms with van der Waals surface area (Å²) in [5, 5.41) is 0. The van der Waals surface area contributed by atoms with Crippen molar-refractivity contribution in [3.63, 3.8) is 0 Å². The third kappa shape index (κ3) is 4.04. The third-order valence-electron chi connectivity index (χ3n) is 4.98. The Balaban J connectivity index is 3.28. The summed E-state index contributed by atoms with van der Waals surface area (Å²) in [6, 6.07) is 9.88.